The van der Waals surface area contributed by atoms with Crippen molar-refractivity contribution in [3.8, 4) is 11.8 Å². The number of nitrogens with two attached hydrogens (primary N) is 1. The van der Waals surface area contributed by atoms with Crippen LogP contribution in [0.1, 0.15) is 35.8 Å². The molecule has 12 heteroatoms. The summed E-state index contributed by atoms with van der Waals surface area (Å²) >= 11 is 0. The van der Waals surface area contributed by atoms with Crippen molar-refractivity contribution >= 4 is 11.9 Å². The Balaban J connectivity index is 1.87. The molecule has 2 aromatic rings. The summed E-state index contributed by atoms with van der Waals surface area (Å²) in [6.07, 6.45) is -2.76. The van der Waals surface area contributed by atoms with Gasteiger partial charge in [0.05, 0.1) is 25.2 Å². The van der Waals surface area contributed by atoms with Crippen molar-refractivity contribution in [3.05, 3.63) is 40.8 Å². The number of carbonyl (C=O) groups excluding carboxylic acids is 1. The second kappa shape index (κ2) is 9.70. The fourth-order valence-electron chi connectivity index (χ4n) is 3.96. The maximum absolute atomic E-state index is 15.6. The van der Waals surface area contributed by atoms with Crippen molar-refractivity contribution in [1.82, 2.24) is 14.7 Å². The van der Waals surface area contributed by atoms with Gasteiger partial charge in [-0.3, -0.25) is 14.9 Å². The van der Waals surface area contributed by atoms with E-state index in [0.717, 1.165) is 7.11 Å². The lowest BCUT2D eigenvalue weighted by atomic mass is 9.83. The van der Waals surface area contributed by atoms with Gasteiger partial charge in [0.1, 0.15) is 29.5 Å². The van der Waals surface area contributed by atoms with Crippen molar-refractivity contribution in [2.75, 3.05) is 25.5 Å². The van der Waals surface area contributed by atoms with Crippen molar-refractivity contribution in [3.63, 3.8) is 0 Å². The Morgan fingerprint density at radius 3 is 2.88 bits per heavy atom. The van der Waals surface area contributed by atoms with Gasteiger partial charge in [0.25, 0.3) is 0 Å². The van der Waals surface area contributed by atoms with E-state index in [9.17, 15) is 24.7 Å². The van der Waals surface area contributed by atoms with Crippen LogP contribution in [-0.2, 0) is 16.8 Å². The number of aromatic nitrogens is 2. The molecular weight excluding hydrogens is 438 g/mol. The van der Waals surface area contributed by atoms with Gasteiger partial charge in [-0.2, -0.15) is 10.4 Å². The molecule has 3 atom stereocenters. The number of hydrogen-bond donors (Lipinski definition) is 4. The van der Waals surface area contributed by atoms with Gasteiger partial charge in [-0.05, 0) is 31.0 Å². The minimum absolute atomic E-state index is 0.0320. The van der Waals surface area contributed by atoms with Gasteiger partial charge in [0.2, 0.25) is 0 Å². The van der Waals surface area contributed by atoms with Crippen molar-refractivity contribution < 1.29 is 28.5 Å². The summed E-state index contributed by atoms with van der Waals surface area (Å²) in [5.41, 5.74) is 4.83. The second-order valence-electron chi connectivity index (χ2n) is 8.06. The molecule has 5 N–H and O–H groups in total. The first-order chi connectivity index (χ1) is 15.6. The lowest BCUT2D eigenvalue weighted by Crippen LogP contribution is -2.54. The second-order valence-corrected chi connectivity index (χ2v) is 8.06. The molecule has 0 aliphatic carbocycles. The minimum Gasteiger partial charge on any atom is -0.508 e. The van der Waals surface area contributed by atoms with E-state index >= 15 is 4.39 Å². The first-order valence-electron chi connectivity index (χ1n) is 10.2. The van der Waals surface area contributed by atoms with Crippen LogP contribution in [0.3, 0.4) is 0 Å². The average molecular weight is 464 g/mol. The molecule has 1 fully saturated rings. The van der Waals surface area contributed by atoms with Crippen LogP contribution in [0.2, 0.25) is 0 Å². The molecule has 1 aliphatic heterocycles. The molecule has 3 rings (SSSR count). The summed E-state index contributed by atoms with van der Waals surface area (Å²) in [5, 5.41) is 35.7. The SMILES string of the molecule is COC(=O)Nc1nn(C2(CC#N)CCN(Cc3cc(O)c(C)cc3F)CC2F)cc1C(N)O. The third-order valence-electron chi connectivity index (χ3n) is 5.93. The highest BCUT2D eigenvalue weighted by atomic mass is 19.1. The first kappa shape index (κ1) is 24.4. The summed E-state index contributed by atoms with van der Waals surface area (Å²) < 4.78 is 35.7. The van der Waals surface area contributed by atoms with Crippen molar-refractivity contribution in [2.24, 2.45) is 5.73 Å². The fourth-order valence-corrected chi connectivity index (χ4v) is 3.96. The molecule has 1 aromatic heterocycles. The zero-order valence-corrected chi connectivity index (χ0v) is 18.3. The fraction of sp³-hybridized carbons (Fsp3) is 0.476. The predicted molar refractivity (Wildman–Crippen MR) is 113 cm³/mol. The Labute approximate surface area is 189 Å². The number of alkyl halides is 1. The van der Waals surface area contributed by atoms with E-state index < -0.39 is 29.8 Å². The number of piperidine rings is 1. The number of rotatable bonds is 6. The minimum atomic E-state index is -1.60. The van der Waals surface area contributed by atoms with E-state index in [1.54, 1.807) is 11.8 Å². The summed E-state index contributed by atoms with van der Waals surface area (Å²) in [6.45, 7) is 1.83. The zero-order chi connectivity index (χ0) is 24.3. The molecule has 1 amide bonds. The van der Waals surface area contributed by atoms with Gasteiger partial charge in [0, 0.05) is 31.4 Å². The number of benzene rings is 1. The molecule has 10 nitrogen and oxygen atoms in total. The summed E-state index contributed by atoms with van der Waals surface area (Å²) in [4.78, 5) is 13.3. The van der Waals surface area contributed by atoms with E-state index in [4.69, 9.17) is 5.73 Å². The van der Waals surface area contributed by atoms with Crippen LogP contribution < -0.4 is 11.1 Å². The number of nitrogens with one attached hydrogen (secondary N) is 1. The molecule has 178 valence electrons. The normalized spacial score (nSPS) is 21.9. The van der Waals surface area contributed by atoms with Gasteiger partial charge < -0.3 is 20.7 Å². The molecule has 1 saturated heterocycles. The Morgan fingerprint density at radius 2 is 2.27 bits per heavy atom. The summed E-state index contributed by atoms with van der Waals surface area (Å²) in [6, 6.07) is 4.53. The number of carbonyl (C=O) groups is 1. The third kappa shape index (κ3) is 4.90. The molecule has 1 aromatic carbocycles. The molecule has 2 heterocycles. The number of halogens is 2. The van der Waals surface area contributed by atoms with Crippen molar-refractivity contribution in [1.29, 1.82) is 5.26 Å². The number of likely N-dealkylation sites (tertiary alicyclic amines) is 1. The summed E-state index contributed by atoms with van der Waals surface area (Å²) in [7, 11) is 1.14. The largest absolute Gasteiger partial charge is 0.508 e. The predicted octanol–water partition coefficient (Wildman–Crippen LogP) is 2.02. The van der Waals surface area contributed by atoms with Gasteiger partial charge in [0.15, 0.2) is 5.82 Å². The number of ether oxygens (including phenoxy) is 1. The van der Waals surface area contributed by atoms with Crippen LogP contribution in [0.15, 0.2) is 18.3 Å². The standard InChI is InChI=1S/C21H26F2N6O4/c1-12-7-15(22)13(8-16(12)30)9-28-6-4-21(3-5-24,17(23)11-28)29-10-14(18(25)31)19(27-29)26-20(32)33-2/h7-8,10,17-18,30-31H,3-4,6,9,11,25H2,1-2H3,(H,26,27,32). The molecule has 0 saturated carbocycles. The van der Waals surface area contributed by atoms with E-state index in [1.807, 2.05) is 6.07 Å². The molecule has 3 unspecified atom stereocenters. The number of aryl methyl sites for hydroxylation is 1. The Bertz CT molecular complexity index is 1070. The van der Waals surface area contributed by atoms with E-state index in [1.165, 1.54) is 23.0 Å². The van der Waals surface area contributed by atoms with Crippen LogP contribution >= 0.6 is 0 Å². The van der Waals surface area contributed by atoms with Crippen molar-refractivity contribution in [2.45, 2.75) is 44.2 Å². The molecule has 1 aliphatic rings. The average Bonchev–Trinajstić information content (AvgIpc) is 3.18. The zero-order valence-electron chi connectivity index (χ0n) is 18.3. The van der Waals surface area contributed by atoms with Gasteiger partial charge in [-0.15, -0.1) is 0 Å². The van der Waals surface area contributed by atoms with Crippen LogP contribution in [0, 0.1) is 24.1 Å². The number of amides is 1. The summed E-state index contributed by atoms with van der Waals surface area (Å²) in [5.74, 6) is -0.656. The lowest BCUT2D eigenvalue weighted by molar-refractivity contribution is 0.00644. The maximum Gasteiger partial charge on any atom is 0.412 e. The highest BCUT2D eigenvalue weighted by Gasteiger charge is 2.46. The Morgan fingerprint density at radius 1 is 1.55 bits per heavy atom. The van der Waals surface area contributed by atoms with Gasteiger partial charge >= 0.3 is 6.09 Å². The third-order valence-corrected chi connectivity index (χ3v) is 5.93. The van der Waals surface area contributed by atoms with Crippen LogP contribution in [-0.4, -0.2) is 57.4 Å². The number of aliphatic hydroxyl groups excluding tert-OH is 1. The number of phenols is 1. The molecule has 0 bridgehead atoms. The van der Waals surface area contributed by atoms with E-state index in [0.29, 0.717) is 12.1 Å². The number of nitriles is 1. The van der Waals surface area contributed by atoms with Crippen LogP contribution in [0.25, 0.3) is 0 Å². The van der Waals surface area contributed by atoms with Gasteiger partial charge in [-0.1, -0.05) is 0 Å². The number of aromatic hydroxyl groups is 1. The first-order valence-corrected chi connectivity index (χ1v) is 10.2. The number of methoxy groups -OCH3 is 1. The number of aliphatic hydroxyl groups is 1. The smallest absolute Gasteiger partial charge is 0.412 e. The lowest BCUT2D eigenvalue weighted by Gasteiger charge is -2.43. The molecular formula is C21H26F2N6O4. The van der Waals surface area contributed by atoms with Crippen LogP contribution in [0.5, 0.6) is 5.75 Å². The monoisotopic (exact) mass is 464 g/mol. The van der Waals surface area contributed by atoms with Gasteiger partial charge in [-0.25, -0.2) is 13.6 Å². The van der Waals surface area contributed by atoms with E-state index in [2.05, 4.69) is 15.2 Å². The molecule has 0 radical (unpaired) electrons. The maximum atomic E-state index is 15.6. The topological polar surface area (TPSA) is 150 Å². The van der Waals surface area contributed by atoms with Crippen LogP contribution in [0.4, 0.5) is 19.4 Å². The number of phenolic OH excluding ortho intramolecular Hbond substituents is 1. The Hall–Kier alpha value is -3.27. The number of anilines is 1. The highest BCUT2D eigenvalue weighted by Crippen LogP contribution is 2.38. The quantitative estimate of drug-likeness (QED) is 0.474. The highest BCUT2D eigenvalue weighted by molar-refractivity contribution is 5.84. The number of hydrogen-bond acceptors (Lipinski definition) is 8. The van der Waals surface area contributed by atoms with E-state index in [-0.39, 0.29) is 48.6 Å². The Kier molecular flexibility index (Phi) is 7.16. The molecule has 33 heavy (non-hydrogen) atoms. The molecule has 0 spiro atoms. The number of nitrogens with zero attached hydrogens (tertiary/aromatic N) is 4.